The molecule has 2 rings (SSSR count). The van der Waals surface area contributed by atoms with Gasteiger partial charge in [0, 0.05) is 12.4 Å². The van der Waals surface area contributed by atoms with Gasteiger partial charge in [-0.15, -0.1) is 0 Å². The highest BCUT2D eigenvalue weighted by Crippen LogP contribution is 2.26. The van der Waals surface area contributed by atoms with E-state index in [-0.39, 0.29) is 0 Å². The Morgan fingerprint density at radius 3 is 2.64 bits per heavy atom. The molecule has 0 aliphatic carbocycles. The predicted molar refractivity (Wildman–Crippen MR) is 53.6 cm³/mol. The maximum atomic E-state index is 5.89. The van der Waals surface area contributed by atoms with Gasteiger partial charge < -0.3 is 4.74 Å². The van der Waals surface area contributed by atoms with Gasteiger partial charge in [-0.25, -0.2) is 0 Å². The van der Waals surface area contributed by atoms with Crippen molar-refractivity contribution in [3.8, 4) is 11.5 Å². The molecule has 0 saturated heterocycles. The molecule has 0 bridgehead atoms. The van der Waals surface area contributed by atoms with Gasteiger partial charge in [0.1, 0.15) is 5.75 Å². The number of hydrogen-bond acceptors (Lipinski definition) is 3. The van der Waals surface area contributed by atoms with Crippen LogP contribution >= 0.6 is 11.6 Å². The minimum Gasteiger partial charge on any atom is -0.453 e. The molecule has 0 atom stereocenters. The summed E-state index contributed by atoms with van der Waals surface area (Å²) >= 11 is 5.89. The molecule has 0 fully saturated rings. The molecule has 2 aromatic heterocycles. The molecule has 3 nitrogen and oxygen atoms in total. The summed E-state index contributed by atoms with van der Waals surface area (Å²) in [6, 6.07) is 5.27. The quantitative estimate of drug-likeness (QED) is 0.758. The summed E-state index contributed by atoms with van der Waals surface area (Å²) in [5, 5.41) is 0.531. The Labute approximate surface area is 86.3 Å². The summed E-state index contributed by atoms with van der Waals surface area (Å²) in [6.45, 7) is 0. The lowest BCUT2D eigenvalue weighted by Crippen LogP contribution is -1.86. The van der Waals surface area contributed by atoms with Crippen LogP contribution in [-0.4, -0.2) is 9.97 Å². The molecule has 2 heterocycles. The average Bonchev–Trinajstić information content (AvgIpc) is 2.23. The zero-order chi connectivity index (χ0) is 9.80. The zero-order valence-corrected chi connectivity index (χ0v) is 7.98. The first-order chi connectivity index (χ1) is 6.86. The fourth-order valence-corrected chi connectivity index (χ4v) is 1.12. The monoisotopic (exact) mass is 206 g/mol. The summed E-state index contributed by atoms with van der Waals surface area (Å²) < 4.78 is 5.45. The highest BCUT2D eigenvalue weighted by Gasteiger charge is 2.01. The molecule has 0 unspecified atom stereocenters. The van der Waals surface area contributed by atoms with Crippen LogP contribution in [0.3, 0.4) is 0 Å². The molecule has 0 aliphatic rings. The van der Waals surface area contributed by atoms with Crippen LogP contribution in [0.4, 0.5) is 0 Å². The number of pyridine rings is 2. The molecular formula is C10H7ClN2O. The van der Waals surface area contributed by atoms with Gasteiger partial charge in [0.15, 0.2) is 5.75 Å². The van der Waals surface area contributed by atoms with Crippen molar-refractivity contribution in [2.75, 3.05) is 0 Å². The summed E-state index contributed by atoms with van der Waals surface area (Å²) in [5.41, 5.74) is 0. The van der Waals surface area contributed by atoms with Crippen molar-refractivity contribution in [1.82, 2.24) is 9.97 Å². The molecule has 0 radical (unpaired) electrons. The molecule has 4 heteroatoms. The second-order valence-electron chi connectivity index (χ2n) is 2.60. The molecule has 0 N–H and O–H groups in total. The van der Waals surface area contributed by atoms with Crippen molar-refractivity contribution in [1.29, 1.82) is 0 Å². The number of ether oxygens (including phenoxy) is 1. The van der Waals surface area contributed by atoms with Gasteiger partial charge in [-0.05, 0) is 18.2 Å². The Morgan fingerprint density at radius 1 is 1.07 bits per heavy atom. The number of nitrogens with zero attached hydrogens (tertiary/aromatic N) is 2. The van der Waals surface area contributed by atoms with Crippen molar-refractivity contribution in [3.63, 3.8) is 0 Å². The molecule has 2 aromatic rings. The topological polar surface area (TPSA) is 35.0 Å². The number of halogens is 1. The SMILES string of the molecule is Clc1ccncc1Oc1cccnc1. The van der Waals surface area contributed by atoms with Gasteiger partial charge in [-0.1, -0.05) is 11.6 Å². The van der Waals surface area contributed by atoms with E-state index < -0.39 is 0 Å². The lowest BCUT2D eigenvalue weighted by molar-refractivity contribution is 0.478. The predicted octanol–water partition coefficient (Wildman–Crippen LogP) is 2.92. The van der Waals surface area contributed by atoms with E-state index in [1.165, 1.54) is 0 Å². The van der Waals surface area contributed by atoms with Crippen LogP contribution in [-0.2, 0) is 0 Å². The smallest absolute Gasteiger partial charge is 0.164 e. The largest absolute Gasteiger partial charge is 0.453 e. The fraction of sp³-hybridized carbons (Fsp3) is 0. The van der Waals surface area contributed by atoms with Crippen LogP contribution in [0.1, 0.15) is 0 Å². The van der Waals surface area contributed by atoms with Crippen LogP contribution in [0, 0.1) is 0 Å². The minimum absolute atomic E-state index is 0.530. The van der Waals surface area contributed by atoms with Crippen LogP contribution in [0.2, 0.25) is 5.02 Å². The Balaban J connectivity index is 2.24. The Kier molecular flexibility index (Phi) is 2.60. The van der Waals surface area contributed by atoms with Gasteiger partial charge in [-0.3, -0.25) is 9.97 Å². The molecule has 0 spiro atoms. The summed E-state index contributed by atoms with van der Waals surface area (Å²) in [4.78, 5) is 7.83. The first-order valence-corrected chi connectivity index (χ1v) is 4.41. The Hall–Kier alpha value is -1.61. The highest BCUT2D eigenvalue weighted by molar-refractivity contribution is 6.32. The lowest BCUT2D eigenvalue weighted by atomic mass is 10.4. The average molecular weight is 207 g/mol. The number of rotatable bonds is 2. The van der Waals surface area contributed by atoms with E-state index in [2.05, 4.69) is 9.97 Å². The summed E-state index contributed by atoms with van der Waals surface area (Å²) in [5.74, 6) is 1.17. The van der Waals surface area contributed by atoms with Gasteiger partial charge in [-0.2, -0.15) is 0 Å². The van der Waals surface area contributed by atoms with Crippen molar-refractivity contribution < 1.29 is 4.74 Å². The zero-order valence-electron chi connectivity index (χ0n) is 7.22. The molecule has 0 saturated carbocycles. The maximum Gasteiger partial charge on any atom is 0.164 e. The van der Waals surface area contributed by atoms with E-state index in [9.17, 15) is 0 Å². The lowest BCUT2D eigenvalue weighted by Gasteiger charge is -2.05. The fourth-order valence-electron chi connectivity index (χ4n) is 0.973. The summed E-state index contributed by atoms with van der Waals surface area (Å²) in [6.07, 6.45) is 6.47. The van der Waals surface area contributed by atoms with Gasteiger partial charge in [0.2, 0.25) is 0 Å². The number of hydrogen-bond donors (Lipinski definition) is 0. The molecule has 0 amide bonds. The maximum absolute atomic E-state index is 5.89. The van der Waals surface area contributed by atoms with E-state index in [0.29, 0.717) is 16.5 Å². The Morgan fingerprint density at radius 2 is 1.93 bits per heavy atom. The van der Waals surface area contributed by atoms with Gasteiger partial charge in [0.25, 0.3) is 0 Å². The van der Waals surface area contributed by atoms with E-state index in [4.69, 9.17) is 16.3 Å². The van der Waals surface area contributed by atoms with Crippen LogP contribution in [0.5, 0.6) is 11.5 Å². The third-order valence-electron chi connectivity index (χ3n) is 1.60. The van der Waals surface area contributed by atoms with Crippen LogP contribution in [0.15, 0.2) is 43.0 Å². The third-order valence-corrected chi connectivity index (χ3v) is 1.91. The first-order valence-electron chi connectivity index (χ1n) is 4.03. The van der Waals surface area contributed by atoms with Crippen LogP contribution in [0.25, 0.3) is 0 Å². The minimum atomic E-state index is 0.530. The molecule has 70 valence electrons. The normalized spacial score (nSPS) is 9.79. The molecule has 0 aliphatic heterocycles. The third kappa shape index (κ3) is 2.00. The summed E-state index contributed by atoms with van der Waals surface area (Å²) in [7, 11) is 0. The van der Waals surface area contributed by atoms with Gasteiger partial charge in [0.05, 0.1) is 17.4 Å². The number of aromatic nitrogens is 2. The van der Waals surface area contributed by atoms with Crippen molar-refractivity contribution in [2.45, 2.75) is 0 Å². The van der Waals surface area contributed by atoms with Crippen molar-refractivity contribution in [2.24, 2.45) is 0 Å². The first kappa shape index (κ1) is 8.97. The standard InChI is InChI=1S/C10H7ClN2O/c11-9-3-5-13-7-10(9)14-8-2-1-4-12-6-8/h1-7H. The van der Waals surface area contributed by atoms with Crippen LogP contribution < -0.4 is 4.74 Å². The van der Waals surface area contributed by atoms with Crippen molar-refractivity contribution in [3.05, 3.63) is 48.0 Å². The van der Waals surface area contributed by atoms with E-state index in [0.717, 1.165) is 0 Å². The second kappa shape index (κ2) is 4.07. The molecule has 14 heavy (non-hydrogen) atoms. The van der Waals surface area contributed by atoms with Crippen molar-refractivity contribution >= 4 is 11.6 Å². The molecule has 0 aromatic carbocycles. The van der Waals surface area contributed by atoms with Gasteiger partial charge >= 0.3 is 0 Å². The van der Waals surface area contributed by atoms with E-state index >= 15 is 0 Å². The van der Waals surface area contributed by atoms with E-state index in [1.54, 1.807) is 43.0 Å². The second-order valence-corrected chi connectivity index (χ2v) is 3.00. The molecular weight excluding hydrogens is 200 g/mol. The van der Waals surface area contributed by atoms with E-state index in [1.807, 2.05) is 0 Å². The highest BCUT2D eigenvalue weighted by atomic mass is 35.5. The Bertz CT molecular complexity index is 419.